The molecule has 2 aromatic rings. The van der Waals surface area contributed by atoms with E-state index in [1.54, 1.807) is 12.1 Å². The predicted octanol–water partition coefficient (Wildman–Crippen LogP) is 3.23. The van der Waals surface area contributed by atoms with E-state index in [-0.39, 0.29) is 30.0 Å². The van der Waals surface area contributed by atoms with Crippen molar-refractivity contribution in [1.82, 2.24) is 4.90 Å². The fraction of sp³-hybridized carbons (Fsp3) is 0.176. The smallest absolute Gasteiger partial charge is 0.326 e. The molecular weight excluding hydrogens is 458 g/mol. The molecule has 1 aliphatic heterocycles. The largest absolute Gasteiger partial charge is 0.480 e. The van der Waals surface area contributed by atoms with E-state index in [0.717, 1.165) is 0 Å². The fourth-order valence-corrected chi connectivity index (χ4v) is 3.70. The molecule has 1 N–H and O–H groups in total. The average Bonchev–Trinajstić information content (AvgIpc) is 2.75. The summed E-state index contributed by atoms with van der Waals surface area (Å²) in [6.45, 7) is 0.0456. The highest BCUT2D eigenvalue weighted by atomic mass is 32.1. The van der Waals surface area contributed by atoms with Crippen molar-refractivity contribution in [3.8, 4) is 23.0 Å². The Balaban J connectivity index is 2.00. The molecule has 0 bridgehead atoms. The molecule has 154 valence electrons. The van der Waals surface area contributed by atoms with Crippen LogP contribution in [0.15, 0.2) is 30.3 Å². The van der Waals surface area contributed by atoms with Gasteiger partial charge in [0, 0.05) is 70.2 Å². The van der Waals surface area contributed by atoms with Crippen LogP contribution in [0.4, 0.5) is 0 Å². The number of hydrogen-bond donors (Lipinski definition) is 5. The lowest BCUT2D eigenvalue weighted by atomic mass is 9.92. The van der Waals surface area contributed by atoms with Crippen LogP contribution in [0.25, 0.3) is 0 Å². The SMILES string of the molecule is O=C(O)C1Cc2cc(OS)c(OS)cc2CN1C(=O)c1ccc(OS)c(OS)c1. The number of rotatable bonds is 6. The Bertz CT molecular complexity index is 956. The maximum atomic E-state index is 13.1. The molecule has 12 heteroatoms. The number of carboxylic acid groups (broad SMARTS) is 1. The van der Waals surface area contributed by atoms with E-state index in [4.69, 9.17) is 16.7 Å². The third-order valence-electron chi connectivity index (χ3n) is 4.53. The Morgan fingerprint density at radius 1 is 0.862 bits per heavy atom. The summed E-state index contributed by atoms with van der Waals surface area (Å²) in [5.74, 6) is -0.613. The molecule has 29 heavy (non-hydrogen) atoms. The molecule has 1 atom stereocenters. The van der Waals surface area contributed by atoms with Crippen LogP contribution >= 0.6 is 51.6 Å². The van der Waals surface area contributed by atoms with E-state index < -0.39 is 17.9 Å². The summed E-state index contributed by atoms with van der Waals surface area (Å²) in [5.41, 5.74) is 1.62. The van der Waals surface area contributed by atoms with Crippen LogP contribution in [0.1, 0.15) is 21.5 Å². The number of benzene rings is 2. The van der Waals surface area contributed by atoms with Gasteiger partial charge in [-0.15, -0.1) is 0 Å². The molecule has 0 spiro atoms. The van der Waals surface area contributed by atoms with Crippen LogP contribution < -0.4 is 16.7 Å². The number of aliphatic carboxylic acids is 1. The highest BCUT2D eigenvalue weighted by Gasteiger charge is 2.36. The molecule has 3 rings (SSSR count). The van der Waals surface area contributed by atoms with E-state index in [9.17, 15) is 14.7 Å². The number of amides is 1. The molecule has 1 unspecified atom stereocenters. The zero-order valence-electron chi connectivity index (χ0n) is 14.5. The molecule has 1 heterocycles. The van der Waals surface area contributed by atoms with Crippen molar-refractivity contribution in [2.45, 2.75) is 19.0 Å². The first kappa shape index (κ1) is 21.7. The van der Waals surface area contributed by atoms with Gasteiger partial charge in [0.1, 0.15) is 6.04 Å². The summed E-state index contributed by atoms with van der Waals surface area (Å²) in [6.07, 6.45) is 0.0845. The van der Waals surface area contributed by atoms with Gasteiger partial charge in [0.15, 0.2) is 23.0 Å². The topological polar surface area (TPSA) is 94.5 Å². The summed E-state index contributed by atoms with van der Waals surface area (Å²) in [6, 6.07) is 6.53. The summed E-state index contributed by atoms with van der Waals surface area (Å²) >= 11 is 15.0. The maximum Gasteiger partial charge on any atom is 0.326 e. The number of carbonyl (C=O) groups is 2. The number of thiol groups is 4. The number of carboxylic acids is 1. The normalized spacial score (nSPS) is 15.3. The lowest BCUT2D eigenvalue weighted by Gasteiger charge is -2.35. The van der Waals surface area contributed by atoms with Gasteiger partial charge in [-0.1, -0.05) is 0 Å². The van der Waals surface area contributed by atoms with Crippen LogP contribution in [0.2, 0.25) is 0 Å². The summed E-state index contributed by atoms with van der Waals surface area (Å²) in [5, 5.41) is 9.70. The molecule has 0 radical (unpaired) electrons. The zero-order valence-corrected chi connectivity index (χ0v) is 18.1. The second-order valence-corrected chi connectivity index (χ2v) is 6.82. The minimum Gasteiger partial charge on any atom is -0.480 e. The van der Waals surface area contributed by atoms with Gasteiger partial charge >= 0.3 is 5.97 Å². The van der Waals surface area contributed by atoms with Crippen molar-refractivity contribution in [1.29, 1.82) is 0 Å². The highest BCUT2D eigenvalue weighted by molar-refractivity contribution is 7.76. The Morgan fingerprint density at radius 3 is 1.97 bits per heavy atom. The summed E-state index contributed by atoms with van der Waals surface area (Å²) in [4.78, 5) is 26.2. The monoisotopic (exact) mass is 473 g/mol. The number of nitrogens with zero attached hydrogens (tertiary/aromatic N) is 1. The molecule has 0 aliphatic carbocycles. The van der Waals surface area contributed by atoms with Crippen molar-refractivity contribution in [2.24, 2.45) is 0 Å². The third kappa shape index (κ3) is 4.29. The van der Waals surface area contributed by atoms with Crippen LogP contribution in [0, 0.1) is 0 Å². The quantitative estimate of drug-likeness (QED) is 0.325. The molecule has 0 aromatic heterocycles. The lowest BCUT2D eigenvalue weighted by molar-refractivity contribution is -0.142. The molecule has 0 fully saturated rings. The molecule has 8 nitrogen and oxygen atoms in total. The van der Waals surface area contributed by atoms with Gasteiger partial charge in [0.05, 0.1) is 0 Å². The van der Waals surface area contributed by atoms with Gasteiger partial charge < -0.3 is 26.7 Å². The molecule has 0 saturated heterocycles. The molecule has 1 amide bonds. The summed E-state index contributed by atoms with van der Waals surface area (Å²) < 4.78 is 19.6. The van der Waals surface area contributed by atoms with Gasteiger partial charge in [0.2, 0.25) is 0 Å². The Hall–Kier alpha value is -2.02. The second-order valence-electron chi connectivity index (χ2n) is 6.09. The van der Waals surface area contributed by atoms with Gasteiger partial charge in [-0.2, -0.15) is 0 Å². The van der Waals surface area contributed by atoms with Crippen LogP contribution in [0.3, 0.4) is 0 Å². The van der Waals surface area contributed by atoms with Crippen molar-refractivity contribution < 1.29 is 31.4 Å². The van der Waals surface area contributed by atoms with E-state index in [1.165, 1.54) is 23.1 Å². The van der Waals surface area contributed by atoms with Gasteiger partial charge in [0.25, 0.3) is 5.91 Å². The molecule has 0 saturated carbocycles. The van der Waals surface area contributed by atoms with Crippen molar-refractivity contribution >= 4 is 63.5 Å². The Kier molecular flexibility index (Phi) is 6.88. The summed E-state index contributed by atoms with van der Waals surface area (Å²) in [7, 11) is 0. The van der Waals surface area contributed by atoms with E-state index in [1.807, 2.05) is 0 Å². The van der Waals surface area contributed by atoms with Crippen LogP contribution in [-0.4, -0.2) is 27.9 Å². The van der Waals surface area contributed by atoms with Gasteiger partial charge in [-0.05, 0) is 41.5 Å². The van der Waals surface area contributed by atoms with Gasteiger partial charge in [-0.25, -0.2) is 4.79 Å². The highest BCUT2D eigenvalue weighted by Crippen LogP contribution is 2.37. The average molecular weight is 474 g/mol. The zero-order chi connectivity index (χ0) is 21.1. The Morgan fingerprint density at radius 2 is 1.41 bits per heavy atom. The Labute approximate surface area is 188 Å². The van der Waals surface area contributed by atoms with E-state index in [2.05, 4.69) is 51.6 Å². The minimum absolute atomic E-state index is 0.0456. The van der Waals surface area contributed by atoms with Crippen LogP contribution in [0.5, 0.6) is 23.0 Å². The first-order valence-electron chi connectivity index (χ1n) is 8.02. The number of carbonyl (C=O) groups excluding carboxylic acids is 1. The van der Waals surface area contributed by atoms with E-state index >= 15 is 0 Å². The van der Waals surface area contributed by atoms with Gasteiger partial charge in [-0.3, -0.25) is 4.79 Å². The number of fused-ring (bicyclic) bond motifs is 1. The first-order chi connectivity index (χ1) is 13.9. The fourth-order valence-electron chi connectivity index (χ4n) is 3.12. The minimum atomic E-state index is -1.13. The molecule has 1 aliphatic rings. The lowest BCUT2D eigenvalue weighted by Crippen LogP contribution is -2.48. The van der Waals surface area contributed by atoms with E-state index in [0.29, 0.717) is 22.6 Å². The molecular formula is C17H15NO7S4. The van der Waals surface area contributed by atoms with Crippen molar-refractivity contribution in [3.63, 3.8) is 0 Å². The standard InChI is InChI=1S/C17H15NO7S4/c19-16(8-1-2-12(22-26)13(4-8)23-27)18-7-10-6-15(25-29)14(24-28)5-9(10)3-11(18)17(20)21/h1-2,4-6,11,26-29H,3,7H2,(H,20,21). The second kappa shape index (κ2) is 9.20. The molecule has 2 aromatic carbocycles. The van der Waals surface area contributed by atoms with Crippen molar-refractivity contribution in [3.05, 3.63) is 47.0 Å². The third-order valence-corrected chi connectivity index (χ3v) is 5.31. The van der Waals surface area contributed by atoms with Crippen LogP contribution in [-0.2, 0) is 17.8 Å². The number of hydrogen-bond acceptors (Lipinski definition) is 10. The predicted molar refractivity (Wildman–Crippen MR) is 116 cm³/mol. The first-order valence-corrected chi connectivity index (χ1v) is 9.48. The maximum absolute atomic E-state index is 13.1. The van der Waals surface area contributed by atoms with Crippen molar-refractivity contribution in [2.75, 3.05) is 0 Å².